The van der Waals surface area contributed by atoms with Gasteiger partial charge in [-0.2, -0.15) is 10.4 Å². The Morgan fingerprint density at radius 3 is 2.55 bits per heavy atom. The van der Waals surface area contributed by atoms with E-state index in [1.807, 2.05) is 31.2 Å². The van der Waals surface area contributed by atoms with Crippen molar-refractivity contribution >= 4 is 23.5 Å². The molecule has 0 atom stereocenters. The van der Waals surface area contributed by atoms with Crippen molar-refractivity contribution in [2.24, 2.45) is 0 Å². The molecule has 0 saturated heterocycles. The van der Waals surface area contributed by atoms with Gasteiger partial charge >= 0.3 is 5.97 Å². The normalized spacial score (nSPS) is 15.0. The third kappa shape index (κ3) is 4.77. The highest BCUT2D eigenvalue weighted by atomic mass is 35.5. The number of carbonyl (C=O) groups is 2. The minimum atomic E-state index is -0.851. The van der Waals surface area contributed by atoms with Crippen molar-refractivity contribution in [3.05, 3.63) is 51.8 Å². The number of ether oxygens (including phenoxy) is 1. The lowest BCUT2D eigenvalue weighted by atomic mass is 10.00. The average molecular weight is 415 g/mol. The number of amides is 1. The molecule has 1 amide bonds. The first-order valence-electron chi connectivity index (χ1n) is 9.51. The maximum atomic E-state index is 12.5. The second kappa shape index (κ2) is 8.66. The molecule has 0 bridgehead atoms. The van der Waals surface area contributed by atoms with E-state index in [0.29, 0.717) is 25.1 Å². The van der Waals surface area contributed by atoms with Crippen LogP contribution in [-0.4, -0.2) is 33.8 Å². The highest BCUT2D eigenvalue weighted by Crippen LogP contribution is 2.28. The largest absolute Gasteiger partial charge is 0.452 e. The second-order valence-corrected chi connectivity index (χ2v) is 7.78. The molecule has 1 fully saturated rings. The quantitative estimate of drug-likeness (QED) is 0.731. The van der Waals surface area contributed by atoms with Crippen molar-refractivity contribution in [3.8, 4) is 6.07 Å². The van der Waals surface area contributed by atoms with Crippen LogP contribution >= 0.6 is 11.6 Å². The van der Waals surface area contributed by atoms with Gasteiger partial charge in [0.05, 0.1) is 18.3 Å². The number of aromatic nitrogens is 2. The Morgan fingerprint density at radius 1 is 1.28 bits per heavy atom. The van der Waals surface area contributed by atoms with Gasteiger partial charge in [-0.1, -0.05) is 41.4 Å². The van der Waals surface area contributed by atoms with Crippen LogP contribution in [-0.2, 0) is 16.1 Å². The summed E-state index contributed by atoms with van der Waals surface area (Å²) in [7, 11) is 0. The first-order chi connectivity index (χ1) is 13.8. The molecule has 1 aliphatic carbocycles. The maximum Gasteiger partial charge on any atom is 0.343 e. The topological polar surface area (TPSA) is 97.0 Å². The SMILES string of the molecule is Cc1ccc(Cn2nc(C)c(C(=O)OCC(=O)NC3(C#N)CCCC3)c2Cl)cc1. The number of carbonyl (C=O) groups excluding carboxylic acids is 2. The molecule has 0 aliphatic heterocycles. The zero-order chi connectivity index (χ0) is 21.0. The molecule has 1 aliphatic rings. The lowest BCUT2D eigenvalue weighted by Crippen LogP contribution is -2.46. The van der Waals surface area contributed by atoms with Gasteiger partial charge in [0.2, 0.25) is 0 Å². The van der Waals surface area contributed by atoms with E-state index in [-0.39, 0.29) is 10.7 Å². The predicted molar refractivity (Wildman–Crippen MR) is 107 cm³/mol. The molecular weight excluding hydrogens is 392 g/mol. The number of nitriles is 1. The Kier molecular flexibility index (Phi) is 6.23. The van der Waals surface area contributed by atoms with E-state index in [0.717, 1.165) is 24.0 Å². The first-order valence-corrected chi connectivity index (χ1v) is 9.89. The van der Waals surface area contributed by atoms with E-state index < -0.39 is 24.0 Å². The summed E-state index contributed by atoms with van der Waals surface area (Å²) in [6.45, 7) is 3.61. The summed E-state index contributed by atoms with van der Waals surface area (Å²) >= 11 is 6.36. The van der Waals surface area contributed by atoms with E-state index in [1.54, 1.807) is 6.92 Å². The number of nitrogens with one attached hydrogen (secondary N) is 1. The minimum Gasteiger partial charge on any atom is -0.452 e. The third-order valence-electron chi connectivity index (χ3n) is 5.11. The monoisotopic (exact) mass is 414 g/mol. The molecule has 7 nitrogen and oxygen atoms in total. The first kappa shape index (κ1) is 20.9. The summed E-state index contributed by atoms with van der Waals surface area (Å²) in [6, 6.07) is 10.1. The average Bonchev–Trinajstić information content (AvgIpc) is 3.26. The van der Waals surface area contributed by atoms with Gasteiger partial charge in [0.15, 0.2) is 6.61 Å². The molecule has 1 saturated carbocycles. The lowest BCUT2D eigenvalue weighted by Gasteiger charge is -2.21. The summed E-state index contributed by atoms with van der Waals surface area (Å²) in [5.41, 5.74) is 1.86. The van der Waals surface area contributed by atoms with Crippen LogP contribution in [0.2, 0.25) is 5.15 Å². The van der Waals surface area contributed by atoms with Crippen molar-refractivity contribution in [3.63, 3.8) is 0 Å². The Labute approximate surface area is 174 Å². The number of nitrogens with zero attached hydrogens (tertiary/aromatic N) is 3. The number of rotatable bonds is 6. The van der Waals surface area contributed by atoms with E-state index >= 15 is 0 Å². The Hall–Kier alpha value is -2.85. The smallest absolute Gasteiger partial charge is 0.343 e. The third-order valence-corrected chi connectivity index (χ3v) is 5.49. The van der Waals surface area contributed by atoms with Crippen LogP contribution < -0.4 is 5.32 Å². The Bertz CT molecular complexity index is 954. The number of aryl methyl sites for hydroxylation is 2. The summed E-state index contributed by atoms with van der Waals surface area (Å²) in [6.07, 6.45) is 3.00. The number of esters is 1. The van der Waals surface area contributed by atoms with Crippen LogP contribution in [0.25, 0.3) is 0 Å². The summed E-state index contributed by atoms with van der Waals surface area (Å²) in [5, 5.41) is 16.5. The fourth-order valence-corrected chi connectivity index (χ4v) is 3.82. The molecule has 1 aromatic carbocycles. The molecule has 152 valence electrons. The van der Waals surface area contributed by atoms with Crippen LogP contribution in [0.4, 0.5) is 0 Å². The van der Waals surface area contributed by atoms with E-state index in [1.165, 1.54) is 4.68 Å². The molecule has 3 rings (SSSR count). The lowest BCUT2D eigenvalue weighted by molar-refractivity contribution is -0.125. The van der Waals surface area contributed by atoms with Crippen LogP contribution in [0.5, 0.6) is 0 Å². The molecule has 1 heterocycles. The fraction of sp³-hybridized carbons (Fsp3) is 0.429. The molecular formula is C21H23ClN4O3. The van der Waals surface area contributed by atoms with Gasteiger partial charge in [-0.05, 0) is 45.1 Å². The fourth-order valence-electron chi connectivity index (χ4n) is 3.51. The molecule has 1 aromatic heterocycles. The zero-order valence-electron chi connectivity index (χ0n) is 16.5. The van der Waals surface area contributed by atoms with E-state index in [4.69, 9.17) is 16.3 Å². The summed E-state index contributed by atoms with van der Waals surface area (Å²) in [4.78, 5) is 24.6. The van der Waals surface area contributed by atoms with Crippen molar-refractivity contribution in [1.29, 1.82) is 5.26 Å². The van der Waals surface area contributed by atoms with E-state index in [2.05, 4.69) is 16.5 Å². The zero-order valence-corrected chi connectivity index (χ0v) is 17.3. The van der Waals surface area contributed by atoms with Crippen LogP contribution in [0.3, 0.4) is 0 Å². The number of benzene rings is 1. The maximum absolute atomic E-state index is 12.5. The predicted octanol–water partition coefficient (Wildman–Crippen LogP) is 3.31. The number of halogens is 1. The molecule has 2 aromatic rings. The van der Waals surface area contributed by atoms with Crippen molar-refractivity contribution in [2.45, 2.75) is 51.6 Å². The van der Waals surface area contributed by atoms with Crippen molar-refractivity contribution < 1.29 is 14.3 Å². The molecule has 1 N–H and O–H groups in total. The van der Waals surface area contributed by atoms with Gasteiger partial charge < -0.3 is 10.1 Å². The highest BCUT2D eigenvalue weighted by molar-refractivity contribution is 6.32. The summed E-state index contributed by atoms with van der Waals surface area (Å²) < 4.78 is 6.66. The molecule has 0 unspecified atom stereocenters. The molecule has 8 heteroatoms. The number of hydrogen-bond donors (Lipinski definition) is 1. The number of hydrogen-bond acceptors (Lipinski definition) is 5. The Morgan fingerprint density at radius 2 is 1.93 bits per heavy atom. The van der Waals surface area contributed by atoms with Gasteiger partial charge in [0, 0.05) is 0 Å². The molecule has 29 heavy (non-hydrogen) atoms. The van der Waals surface area contributed by atoms with Gasteiger partial charge in [-0.15, -0.1) is 0 Å². The van der Waals surface area contributed by atoms with Gasteiger partial charge in [-0.3, -0.25) is 4.79 Å². The Balaban J connectivity index is 1.63. The van der Waals surface area contributed by atoms with Gasteiger partial charge in [-0.25, -0.2) is 9.48 Å². The molecule has 0 radical (unpaired) electrons. The second-order valence-electron chi connectivity index (χ2n) is 7.42. The van der Waals surface area contributed by atoms with Gasteiger partial charge in [0.1, 0.15) is 16.3 Å². The minimum absolute atomic E-state index is 0.141. The van der Waals surface area contributed by atoms with Crippen LogP contribution in [0, 0.1) is 25.2 Å². The van der Waals surface area contributed by atoms with Crippen LogP contribution in [0.1, 0.15) is 52.9 Å². The van der Waals surface area contributed by atoms with Crippen molar-refractivity contribution in [2.75, 3.05) is 6.61 Å². The molecule has 0 spiro atoms. The summed E-state index contributed by atoms with van der Waals surface area (Å²) in [5.74, 6) is -1.21. The standard InChI is InChI=1S/C21H23ClN4O3/c1-14-5-7-16(8-6-14)11-26-19(22)18(15(2)25-26)20(28)29-12-17(27)24-21(13-23)9-3-4-10-21/h5-8H,3-4,9-12H2,1-2H3,(H,24,27). The van der Waals surface area contributed by atoms with E-state index in [9.17, 15) is 14.9 Å². The van der Waals surface area contributed by atoms with Crippen LogP contribution in [0.15, 0.2) is 24.3 Å². The highest BCUT2D eigenvalue weighted by Gasteiger charge is 2.35. The van der Waals surface area contributed by atoms with Gasteiger partial charge in [0.25, 0.3) is 5.91 Å². The van der Waals surface area contributed by atoms with Crippen molar-refractivity contribution in [1.82, 2.24) is 15.1 Å².